The van der Waals surface area contributed by atoms with Crippen molar-refractivity contribution in [1.29, 1.82) is 0 Å². The highest BCUT2D eigenvalue weighted by Gasteiger charge is 2.15. The Morgan fingerprint density at radius 2 is 1.84 bits per heavy atom. The summed E-state index contributed by atoms with van der Waals surface area (Å²) in [6.45, 7) is 4.28. The Morgan fingerprint density at radius 3 is 2.60 bits per heavy atom. The van der Waals surface area contributed by atoms with Gasteiger partial charge in [0.25, 0.3) is 5.56 Å². The maximum absolute atomic E-state index is 12.6. The third-order valence-electron chi connectivity index (χ3n) is 3.85. The van der Waals surface area contributed by atoms with Gasteiger partial charge in [-0.25, -0.2) is 4.68 Å². The van der Waals surface area contributed by atoms with Crippen molar-refractivity contribution in [1.82, 2.24) is 15.0 Å². The van der Waals surface area contributed by atoms with Crippen LogP contribution in [0.5, 0.6) is 0 Å². The maximum atomic E-state index is 12.6. The average Bonchev–Trinajstić information content (AvgIpc) is 2.66. The van der Waals surface area contributed by atoms with Crippen LogP contribution in [-0.2, 0) is 11.3 Å². The summed E-state index contributed by atoms with van der Waals surface area (Å²) in [6.07, 6.45) is 1.82. The molecule has 0 aliphatic carbocycles. The van der Waals surface area contributed by atoms with Gasteiger partial charge in [-0.3, -0.25) is 9.59 Å². The molecule has 1 aromatic heterocycles. The molecule has 1 heterocycles. The number of anilines is 1. The van der Waals surface area contributed by atoms with Crippen LogP contribution in [0, 0.1) is 0 Å². The molecule has 2 aromatic carbocycles. The van der Waals surface area contributed by atoms with E-state index >= 15 is 0 Å². The Bertz CT molecular complexity index is 950. The molecule has 6 heteroatoms. The number of nitrogens with zero attached hydrogens (tertiary/aromatic N) is 4. The zero-order chi connectivity index (χ0) is 17.6. The summed E-state index contributed by atoms with van der Waals surface area (Å²) < 4.78 is 1.23. The van der Waals surface area contributed by atoms with Gasteiger partial charge in [0.2, 0.25) is 5.91 Å². The minimum Gasteiger partial charge on any atom is -0.309 e. The van der Waals surface area contributed by atoms with Crippen LogP contribution in [-0.4, -0.2) is 27.4 Å². The summed E-state index contributed by atoms with van der Waals surface area (Å²) in [5.74, 6) is -0.104. The zero-order valence-corrected chi connectivity index (χ0v) is 13.7. The van der Waals surface area contributed by atoms with Gasteiger partial charge in [-0.2, -0.15) is 0 Å². The summed E-state index contributed by atoms with van der Waals surface area (Å²) in [5.41, 5.74) is 1.10. The fourth-order valence-corrected chi connectivity index (χ4v) is 2.59. The summed E-state index contributed by atoms with van der Waals surface area (Å²) in [5, 5.41) is 8.45. The van der Waals surface area contributed by atoms with Gasteiger partial charge >= 0.3 is 0 Å². The van der Waals surface area contributed by atoms with E-state index in [1.54, 1.807) is 35.2 Å². The Kier molecular flexibility index (Phi) is 4.99. The summed E-state index contributed by atoms with van der Waals surface area (Å²) >= 11 is 0. The third-order valence-corrected chi connectivity index (χ3v) is 3.85. The van der Waals surface area contributed by atoms with E-state index in [0.717, 1.165) is 5.69 Å². The molecule has 126 valence electrons. The summed E-state index contributed by atoms with van der Waals surface area (Å²) in [7, 11) is 0. The Morgan fingerprint density at radius 1 is 1.12 bits per heavy atom. The van der Waals surface area contributed by atoms with Crippen molar-refractivity contribution in [2.75, 3.05) is 11.4 Å². The van der Waals surface area contributed by atoms with Gasteiger partial charge in [-0.05, 0) is 24.3 Å². The van der Waals surface area contributed by atoms with E-state index in [4.69, 9.17) is 0 Å². The van der Waals surface area contributed by atoms with Crippen molar-refractivity contribution in [2.24, 2.45) is 0 Å². The molecule has 0 saturated carbocycles. The van der Waals surface area contributed by atoms with E-state index in [9.17, 15) is 9.59 Å². The molecule has 0 unspecified atom stereocenters. The molecule has 0 radical (unpaired) electrons. The zero-order valence-electron chi connectivity index (χ0n) is 13.7. The van der Waals surface area contributed by atoms with Crippen molar-refractivity contribution < 1.29 is 4.79 Å². The van der Waals surface area contributed by atoms with Crippen molar-refractivity contribution in [3.05, 3.63) is 77.6 Å². The number of para-hydroxylation sites is 1. The molecule has 0 spiro atoms. The molecule has 0 saturated heterocycles. The predicted octanol–water partition coefficient (Wildman–Crippen LogP) is 2.40. The van der Waals surface area contributed by atoms with Crippen LogP contribution in [0.15, 0.2) is 72.0 Å². The van der Waals surface area contributed by atoms with Crippen molar-refractivity contribution in [2.45, 2.75) is 13.0 Å². The first kappa shape index (κ1) is 16.6. The van der Waals surface area contributed by atoms with E-state index in [1.165, 1.54) is 4.68 Å². The molecule has 3 rings (SSSR count). The first-order valence-corrected chi connectivity index (χ1v) is 7.99. The first-order valence-electron chi connectivity index (χ1n) is 7.99. The molecule has 0 N–H and O–H groups in total. The highest BCUT2D eigenvalue weighted by molar-refractivity contribution is 5.93. The molecule has 25 heavy (non-hydrogen) atoms. The van der Waals surface area contributed by atoms with Gasteiger partial charge in [-0.1, -0.05) is 41.6 Å². The van der Waals surface area contributed by atoms with Gasteiger partial charge < -0.3 is 4.90 Å². The van der Waals surface area contributed by atoms with Crippen molar-refractivity contribution in [3.8, 4) is 0 Å². The molecule has 0 atom stereocenters. The molecule has 6 nitrogen and oxygen atoms in total. The van der Waals surface area contributed by atoms with Gasteiger partial charge in [0.05, 0.1) is 11.9 Å². The molecular formula is C19H18N4O2. The predicted molar refractivity (Wildman–Crippen MR) is 97.4 cm³/mol. The maximum Gasteiger partial charge on any atom is 0.277 e. The molecule has 0 fully saturated rings. The standard InChI is InChI=1S/C19H18N4O2/c1-2-13-22(15-8-4-3-5-9-15)18(24)12-14-23-19(25)16-10-6-7-11-17(16)20-21-23/h2-11H,1,12-14H2. The Balaban J connectivity index is 1.78. The van der Waals surface area contributed by atoms with Gasteiger partial charge in [0, 0.05) is 18.7 Å². The molecular weight excluding hydrogens is 316 g/mol. The molecule has 0 bridgehead atoms. The van der Waals surface area contributed by atoms with Crippen LogP contribution in [0.4, 0.5) is 5.69 Å². The summed E-state index contributed by atoms with van der Waals surface area (Å²) in [6, 6.07) is 16.4. The number of rotatable bonds is 6. The minimum atomic E-state index is -0.242. The number of aryl methyl sites for hydroxylation is 1. The van der Waals surface area contributed by atoms with Gasteiger partial charge in [0.1, 0.15) is 5.52 Å². The van der Waals surface area contributed by atoms with E-state index in [0.29, 0.717) is 17.4 Å². The van der Waals surface area contributed by atoms with E-state index in [-0.39, 0.29) is 24.4 Å². The van der Waals surface area contributed by atoms with Crippen molar-refractivity contribution >= 4 is 22.5 Å². The number of fused-ring (bicyclic) bond motifs is 1. The monoisotopic (exact) mass is 334 g/mol. The quantitative estimate of drug-likeness (QED) is 0.649. The average molecular weight is 334 g/mol. The summed E-state index contributed by atoms with van der Waals surface area (Å²) in [4.78, 5) is 26.7. The number of hydrogen-bond donors (Lipinski definition) is 0. The topological polar surface area (TPSA) is 68.1 Å². The Hall–Kier alpha value is -3.28. The van der Waals surface area contributed by atoms with Crippen LogP contribution >= 0.6 is 0 Å². The van der Waals surface area contributed by atoms with Crippen LogP contribution in [0.3, 0.4) is 0 Å². The Labute approximate surface area is 145 Å². The molecule has 0 aliphatic rings. The minimum absolute atomic E-state index is 0.104. The molecule has 0 aliphatic heterocycles. The molecule has 3 aromatic rings. The first-order chi connectivity index (χ1) is 12.2. The normalized spacial score (nSPS) is 10.6. The SMILES string of the molecule is C=CCN(C(=O)CCn1nnc2ccccc2c1=O)c1ccccc1. The molecule has 1 amide bonds. The van der Waals surface area contributed by atoms with Crippen LogP contribution < -0.4 is 10.5 Å². The third kappa shape index (κ3) is 3.63. The largest absolute Gasteiger partial charge is 0.309 e. The van der Waals surface area contributed by atoms with Crippen LogP contribution in [0.1, 0.15) is 6.42 Å². The number of hydrogen-bond acceptors (Lipinski definition) is 4. The fraction of sp³-hybridized carbons (Fsp3) is 0.158. The van der Waals surface area contributed by atoms with E-state index in [1.807, 2.05) is 30.3 Å². The smallest absolute Gasteiger partial charge is 0.277 e. The van der Waals surface area contributed by atoms with Gasteiger partial charge in [0.15, 0.2) is 0 Å². The highest BCUT2D eigenvalue weighted by Crippen LogP contribution is 2.14. The van der Waals surface area contributed by atoms with Crippen molar-refractivity contribution in [3.63, 3.8) is 0 Å². The van der Waals surface area contributed by atoms with Gasteiger partial charge in [-0.15, -0.1) is 11.7 Å². The van der Waals surface area contributed by atoms with Crippen LogP contribution in [0.2, 0.25) is 0 Å². The lowest BCUT2D eigenvalue weighted by Crippen LogP contribution is -2.33. The number of amides is 1. The van der Waals surface area contributed by atoms with E-state index in [2.05, 4.69) is 16.9 Å². The lowest BCUT2D eigenvalue weighted by Gasteiger charge is -2.21. The number of benzene rings is 2. The number of carbonyl (C=O) groups is 1. The lowest BCUT2D eigenvalue weighted by atomic mass is 10.2. The van der Waals surface area contributed by atoms with E-state index < -0.39 is 0 Å². The fourth-order valence-electron chi connectivity index (χ4n) is 2.59. The highest BCUT2D eigenvalue weighted by atomic mass is 16.2. The second-order valence-corrected chi connectivity index (χ2v) is 5.51. The van der Waals surface area contributed by atoms with Crippen LogP contribution in [0.25, 0.3) is 10.9 Å². The lowest BCUT2D eigenvalue weighted by molar-refractivity contribution is -0.118. The second-order valence-electron chi connectivity index (χ2n) is 5.51. The number of aromatic nitrogens is 3. The number of carbonyl (C=O) groups excluding carboxylic acids is 1. The second kappa shape index (κ2) is 7.53.